The molecule has 0 atom stereocenters. The molecule has 12 heteroatoms. The van der Waals surface area contributed by atoms with E-state index < -0.39 is 14.0 Å². The number of hydrogen-bond donors (Lipinski definition) is 0. The lowest BCUT2D eigenvalue weighted by Gasteiger charge is -2.32. The second-order valence-corrected chi connectivity index (χ2v) is 21.8. The van der Waals surface area contributed by atoms with Gasteiger partial charge in [0.2, 0.25) is 0 Å². The first-order chi connectivity index (χ1) is 31.1. The summed E-state index contributed by atoms with van der Waals surface area (Å²) in [5, 5.41) is 11.1. The van der Waals surface area contributed by atoms with Gasteiger partial charge in [-0.05, 0) is 119 Å². The van der Waals surface area contributed by atoms with Crippen LogP contribution in [0.2, 0.25) is 5.02 Å². The molecule has 0 amide bonds. The Kier molecular flexibility index (Phi) is 9.66. The fraction of sp³-hybridized carbons (Fsp3) is 0.333. The number of rotatable bonds is 2. The largest absolute Gasteiger partial charge is 0.494 e. The number of aromatic nitrogens is 2. The highest BCUT2D eigenvalue weighted by molar-refractivity contribution is 7.11. The highest BCUT2D eigenvalue weighted by Crippen LogP contribution is 2.44. The van der Waals surface area contributed by atoms with Crippen LogP contribution in [0.15, 0.2) is 121 Å². The molecule has 6 aromatic carbocycles. The highest BCUT2D eigenvalue weighted by atomic mass is 35.5. The number of benzene rings is 6. The van der Waals surface area contributed by atoms with E-state index in [1.807, 2.05) is 61.5 Å². The van der Waals surface area contributed by atoms with E-state index in [0.29, 0.717) is 0 Å². The van der Waals surface area contributed by atoms with E-state index in [4.69, 9.17) is 39.5 Å². The lowest BCUT2D eigenvalue weighted by atomic mass is 9.49. The third-order valence-electron chi connectivity index (χ3n) is 15.7. The van der Waals surface area contributed by atoms with Crippen LogP contribution in [0.25, 0.3) is 76.2 Å². The van der Waals surface area contributed by atoms with Crippen molar-refractivity contribution >= 4 is 114 Å². The zero-order valence-corrected chi connectivity index (χ0v) is 40.8. The Morgan fingerprint density at radius 2 is 0.682 bits per heavy atom. The summed E-state index contributed by atoms with van der Waals surface area (Å²) < 4.78 is 41.2. The maximum Gasteiger partial charge on any atom is 0.494 e. The highest BCUT2D eigenvalue weighted by Gasteiger charge is 2.63. The summed E-state index contributed by atoms with van der Waals surface area (Å²) >= 11 is 6.21. The molecule has 0 aliphatic carbocycles. The molecule has 3 aliphatic rings. The van der Waals surface area contributed by atoms with Crippen molar-refractivity contribution in [3.63, 3.8) is 0 Å². The third kappa shape index (κ3) is 6.45. The summed E-state index contributed by atoms with van der Waals surface area (Å²) in [6.45, 7) is 24.6. The fourth-order valence-electron chi connectivity index (χ4n) is 9.98. The molecule has 66 heavy (non-hydrogen) atoms. The molecule has 0 spiro atoms. The number of nitrogens with zero attached hydrogens (tertiary/aromatic N) is 2. The molecule has 4 aromatic heterocycles. The summed E-state index contributed by atoms with van der Waals surface area (Å²) in [4.78, 5) is 0. The van der Waals surface area contributed by atoms with Crippen LogP contribution in [0.1, 0.15) is 83.1 Å². The molecule has 0 N–H and O–H groups in total. The quantitative estimate of drug-likeness (QED) is 0.161. The number of halogens is 1. The maximum absolute atomic E-state index is 6.30. The van der Waals surface area contributed by atoms with Crippen LogP contribution in [-0.2, 0) is 27.9 Å². The molecule has 3 saturated heterocycles. The predicted octanol–water partition coefficient (Wildman–Crippen LogP) is 12.9. The minimum Gasteiger partial charge on any atom is -0.405 e. The van der Waals surface area contributed by atoms with E-state index in [0.717, 1.165) is 10.5 Å². The number of para-hydroxylation sites is 4. The van der Waals surface area contributed by atoms with Crippen LogP contribution < -0.4 is 5.46 Å². The smallest absolute Gasteiger partial charge is 0.405 e. The molecule has 10 aromatic rings. The zero-order chi connectivity index (χ0) is 46.5. The van der Waals surface area contributed by atoms with Gasteiger partial charge in [0, 0.05) is 48.1 Å². The molecule has 0 saturated carbocycles. The lowest BCUT2D eigenvalue weighted by molar-refractivity contribution is 0.00578. The molecule has 3 aliphatic heterocycles. The summed E-state index contributed by atoms with van der Waals surface area (Å²) in [5.74, 6) is 0. The summed E-state index contributed by atoms with van der Waals surface area (Å²) in [6, 6.07) is 43.1. The first-order valence-electron chi connectivity index (χ1n) is 23.2. The van der Waals surface area contributed by atoms with E-state index in [2.05, 4.69) is 152 Å². The number of hydrogen-bond acceptors (Lipinski definition) is 6. The molecular weight excluding hydrogens is 840 g/mol. The molecule has 3 fully saturated rings. The van der Waals surface area contributed by atoms with Crippen LogP contribution in [-0.4, -0.2) is 63.5 Å². The van der Waals surface area contributed by atoms with Crippen molar-refractivity contribution in [3.8, 4) is 0 Å². The van der Waals surface area contributed by atoms with Gasteiger partial charge in [-0.25, -0.2) is 0 Å². The van der Waals surface area contributed by atoms with E-state index in [-0.39, 0.29) is 40.7 Å². The van der Waals surface area contributed by atoms with Crippen molar-refractivity contribution in [1.82, 2.24) is 8.80 Å². The van der Waals surface area contributed by atoms with E-state index in [1.165, 1.54) is 76.2 Å². The predicted molar refractivity (Wildman–Crippen MR) is 275 cm³/mol. The van der Waals surface area contributed by atoms with Crippen molar-refractivity contribution in [2.75, 3.05) is 0 Å². The van der Waals surface area contributed by atoms with Crippen molar-refractivity contribution in [2.24, 2.45) is 0 Å². The van der Waals surface area contributed by atoms with Gasteiger partial charge in [-0.2, -0.15) is 0 Å². The van der Waals surface area contributed by atoms with Gasteiger partial charge in [0.1, 0.15) is 0 Å². The molecule has 0 unspecified atom stereocenters. The van der Waals surface area contributed by atoms with Gasteiger partial charge in [-0.15, -0.1) is 0 Å². The molecule has 13 rings (SSSR count). The first-order valence-corrected chi connectivity index (χ1v) is 23.5. The van der Waals surface area contributed by atoms with Gasteiger partial charge in [0.15, 0.2) is 0 Å². The van der Waals surface area contributed by atoms with Gasteiger partial charge in [0.05, 0.1) is 66.7 Å². The monoisotopic (exact) mass is 896 g/mol. The van der Waals surface area contributed by atoms with Gasteiger partial charge in [-0.3, -0.25) is 0 Å². The normalized spacial score (nSPS) is 20.5. The van der Waals surface area contributed by atoms with Crippen LogP contribution in [0.4, 0.5) is 0 Å². The third-order valence-corrected chi connectivity index (χ3v) is 16.0. The van der Waals surface area contributed by atoms with E-state index >= 15 is 0 Å². The topological polar surface area (TPSA) is 64.2 Å². The molecule has 8 nitrogen and oxygen atoms in total. The Bertz CT molecular complexity index is 3440. The minimum atomic E-state index is -0.476. The lowest BCUT2D eigenvalue weighted by Crippen LogP contribution is -2.41. The van der Waals surface area contributed by atoms with Crippen LogP contribution >= 0.6 is 11.6 Å². The maximum atomic E-state index is 6.30. The molecule has 7 heterocycles. The Morgan fingerprint density at radius 3 is 1.11 bits per heavy atom. The van der Waals surface area contributed by atoms with Crippen molar-refractivity contribution in [1.29, 1.82) is 0 Å². The van der Waals surface area contributed by atoms with Gasteiger partial charge >= 0.3 is 21.1 Å². The SMILES string of the molecule is CC1(C)OB(B2OC(C)(C)C(C)(C)O2)OC1(C)C.CC1(C)OB(c2ccc3c4cccc5c6ccccc6n(c3c2)c54)OC1(C)C.Clc1ccc2c3cccc4c5ccccc5n(c2c1)c43. The average molecular weight is 897 g/mol. The Morgan fingerprint density at radius 1 is 0.348 bits per heavy atom. The van der Waals surface area contributed by atoms with Gasteiger partial charge in [-0.1, -0.05) is 103 Å². The molecule has 0 bridgehead atoms. The van der Waals surface area contributed by atoms with Crippen molar-refractivity contribution in [3.05, 3.63) is 126 Å². The average Bonchev–Trinajstić information content (AvgIpc) is 4.09. The molecule has 334 valence electrons. The number of fused-ring (bicyclic) bond motifs is 12. The molecular formula is C54H56B3ClN2O6. The van der Waals surface area contributed by atoms with Crippen LogP contribution in [0.5, 0.6) is 0 Å². The Hall–Kier alpha value is -4.84. The second kappa shape index (κ2) is 14.6. The van der Waals surface area contributed by atoms with E-state index in [1.54, 1.807) is 0 Å². The standard InChI is InChI=1S/C24H22BNO2.C18H10ClN.C12H24B2O4/c1-23(2)24(3,4)28-25(27-23)15-12-13-17-19-10-7-9-18-16-8-5-6-11-20(16)26(22(18)19)21(17)14-15;19-11-8-9-13-15-6-3-5-14-12-4-1-2-7-16(12)20(18(14)15)17(13)10-11;1-9(2)10(3,4)16-13(15-9)14-17-11(5,6)12(7,8)18-14/h5-14H,1-4H3;1-10H;1-8H3. The molecule has 0 radical (unpaired) electrons. The minimum absolute atomic E-state index is 0.340. The van der Waals surface area contributed by atoms with Crippen molar-refractivity contribution in [2.45, 2.75) is 117 Å². The van der Waals surface area contributed by atoms with Crippen LogP contribution in [0, 0.1) is 0 Å². The summed E-state index contributed by atoms with van der Waals surface area (Å²) in [5.41, 5.74) is 6.42. The summed E-state index contributed by atoms with van der Waals surface area (Å²) in [7, 11) is -1.30. The fourth-order valence-corrected chi connectivity index (χ4v) is 10.1. The Labute approximate surface area is 392 Å². The van der Waals surface area contributed by atoms with Crippen LogP contribution in [0.3, 0.4) is 0 Å². The van der Waals surface area contributed by atoms with E-state index in [9.17, 15) is 0 Å². The zero-order valence-electron chi connectivity index (χ0n) is 40.0. The summed E-state index contributed by atoms with van der Waals surface area (Å²) in [6.07, 6.45) is 0. The Balaban J connectivity index is 0.000000113. The second-order valence-electron chi connectivity index (χ2n) is 21.4. The van der Waals surface area contributed by atoms with Gasteiger partial charge < -0.3 is 36.7 Å². The van der Waals surface area contributed by atoms with Gasteiger partial charge in [0.25, 0.3) is 0 Å². The first kappa shape index (κ1) is 43.7. The van der Waals surface area contributed by atoms with Crippen molar-refractivity contribution < 1.29 is 27.9 Å².